The van der Waals surface area contributed by atoms with Crippen molar-refractivity contribution in [3.05, 3.63) is 128 Å². The second-order valence-electron chi connectivity index (χ2n) is 11.3. The number of carbonyl (C=O) groups is 2. The Balaban J connectivity index is 1.23. The van der Waals surface area contributed by atoms with E-state index in [1.54, 1.807) is 47.8 Å². The van der Waals surface area contributed by atoms with E-state index in [4.69, 9.17) is 28.5 Å². The molecule has 1 saturated heterocycles. The summed E-state index contributed by atoms with van der Waals surface area (Å²) < 4.78 is 2.59. The molecule has 47 heavy (non-hydrogen) atoms. The van der Waals surface area contributed by atoms with E-state index < -0.39 is 0 Å². The Morgan fingerprint density at radius 3 is 2.38 bits per heavy atom. The summed E-state index contributed by atoms with van der Waals surface area (Å²) in [7, 11) is 0. The molecule has 0 saturated carbocycles. The van der Waals surface area contributed by atoms with Gasteiger partial charge in [-0.25, -0.2) is 4.98 Å². The van der Waals surface area contributed by atoms with Crippen LogP contribution >= 0.6 is 47.2 Å². The highest BCUT2D eigenvalue weighted by Crippen LogP contribution is 2.31. The Labute approximate surface area is 292 Å². The van der Waals surface area contributed by atoms with E-state index in [0.29, 0.717) is 68.7 Å². The molecule has 2 aromatic heterocycles. The van der Waals surface area contributed by atoms with Crippen LogP contribution in [0.4, 0.5) is 11.4 Å². The van der Waals surface area contributed by atoms with Gasteiger partial charge in [-0.3, -0.25) is 9.59 Å². The number of hydrogen-bond donors (Lipinski definition) is 1. The Kier molecular flexibility index (Phi) is 9.89. The number of benzene rings is 3. The quantitative estimate of drug-likeness (QED) is 0.169. The Bertz CT molecular complexity index is 1960. The van der Waals surface area contributed by atoms with Crippen molar-refractivity contribution in [2.24, 2.45) is 0 Å². The molecule has 0 aliphatic carbocycles. The lowest BCUT2D eigenvalue weighted by Crippen LogP contribution is -2.48. The van der Waals surface area contributed by atoms with Gasteiger partial charge >= 0.3 is 0 Å². The van der Waals surface area contributed by atoms with E-state index in [1.807, 2.05) is 58.9 Å². The number of rotatable bonds is 8. The van der Waals surface area contributed by atoms with Crippen LogP contribution < -0.4 is 9.80 Å². The van der Waals surface area contributed by atoms with Crippen molar-refractivity contribution in [3.8, 4) is 6.07 Å². The molecule has 1 aliphatic heterocycles. The third-order valence-electron chi connectivity index (χ3n) is 8.11. The normalized spacial score (nSPS) is 13.0. The van der Waals surface area contributed by atoms with Gasteiger partial charge in [0.05, 0.1) is 50.0 Å². The van der Waals surface area contributed by atoms with Crippen molar-refractivity contribution in [1.29, 1.82) is 5.26 Å². The molecule has 1 fully saturated rings. The van der Waals surface area contributed by atoms with Gasteiger partial charge in [-0.2, -0.15) is 5.26 Å². The topological polar surface area (TPSA) is 85.5 Å². The van der Waals surface area contributed by atoms with Crippen LogP contribution in [0, 0.1) is 18.3 Å². The standard InChI is InChI=1S/C35H30Cl2N6O2S2/c1-23-16-29(33(37)30(46)17-23)34(44)43(21-28-19-39-22-42(28)20-25-4-2-24(18-38)3-5-25)27-8-6-26(7-9-27)40-12-14-41(15-13-40)35(45)31-10-11-32(36)47-31/h2-11,16-17,19,22,46H,12-15,20-21H2,1H3. The Morgan fingerprint density at radius 2 is 1.72 bits per heavy atom. The molecule has 1 aliphatic rings. The van der Waals surface area contributed by atoms with Gasteiger partial charge in [0.1, 0.15) is 0 Å². The number of nitrogens with zero attached hydrogens (tertiary/aromatic N) is 6. The van der Waals surface area contributed by atoms with E-state index in [-0.39, 0.29) is 18.4 Å². The highest BCUT2D eigenvalue weighted by atomic mass is 35.5. The summed E-state index contributed by atoms with van der Waals surface area (Å²) in [5, 5.41) is 9.46. The molecule has 3 aromatic carbocycles. The Morgan fingerprint density at radius 1 is 1.00 bits per heavy atom. The molecule has 12 heteroatoms. The number of halogens is 2. The minimum absolute atomic E-state index is 0.00338. The summed E-state index contributed by atoms with van der Waals surface area (Å²) >= 11 is 18.5. The van der Waals surface area contributed by atoms with Gasteiger partial charge in [-0.15, -0.1) is 24.0 Å². The van der Waals surface area contributed by atoms with Gasteiger partial charge in [-0.1, -0.05) is 35.3 Å². The zero-order valence-corrected chi connectivity index (χ0v) is 28.7. The molecule has 0 atom stereocenters. The van der Waals surface area contributed by atoms with E-state index in [1.165, 1.54) is 11.3 Å². The third kappa shape index (κ3) is 7.34. The molecule has 5 aromatic rings. The molecule has 0 spiro atoms. The number of imidazole rings is 1. The molecule has 0 bridgehead atoms. The van der Waals surface area contributed by atoms with Crippen molar-refractivity contribution in [2.45, 2.75) is 24.9 Å². The van der Waals surface area contributed by atoms with E-state index >= 15 is 0 Å². The van der Waals surface area contributed by atoms with Gasteiger partial charge in [0.15, 0.2) is 0 Å². The first-order valence-corrected chi connectivity index (χ1v) is 16.9. The molecule has 238 valence electrons. The highest BCUT2D eigenvalue weighted by molar-refractivity contribution is 7.80. The summed E-state index contributed by atoms with van der Waals surface area (Å²) in [4.78, 5) is 38.5. The van der Waals surface area contributed by atoms with Crippen LogP contribution in [0.1, 0.15) is 42.4 Å². The lowest BCUT2D eigenvalue weighted by molar-refractivity contribution is 0.0751. The van der Waals surface area contributed by atoms with Crippen LogP contribution in [0.5, 0.6) is 0 Å². The van der Waals surface area contributed by atoms with Crippen LogP contribution in [0.25, 0.3) is 0 Å². The van der Waals surface area contributed by atoms with Crippen molar-refractivity contribution in [1.82, 2.24) is 14.5 Å². The van der Waals surface area contributed by atoms with Crippen molar-refractivity contribution in [3.63, 3.8) is 0 Å². The first-order chi connectivity index (χ1) is 22.7. The number of nitriles is 1. The fourth-order valence-corrected chi connectivity index (χ4v) is 7.12. The van der Waals surface area contributed by atoms with E-state index in [9.17, 15) is 9.59 Å². The second kappa shape index (κ2) is 14.2. The van der Waals surface area contributed by atoms with Gasteiger partial charge in [-0.05, 0) is 78.7 Å². The summed E-state index contributed by atoms with van der Waals surface area (Å²) in [5.74, 6) is -0.252. The SMILES string of the molecule is Cc1cc(S)c(Cl)c(C(=O)N(Cc2cncn2Cc2ccc(C#N)cc2)c2ccc(N3CCN(C(=O)c4ccc(Cl)s4)CC3)cc2)c1. The smallest absolute Gasteiger partial charge is 0.264 e. The van der Waals surface area contributed by atoms with Crippen LogP contribution in [0.15, 0.2) is 90.2 Å². The highest BCUT2D eigenvalue weighted by Gasteiger charge is 2.26. The first kappa shape index (κ1) is 32.7. The number of aromatic nitrogens is 2. The zero-order chi connectivity index (χ0) is 33.1. The lowest BCUT2D eigenvalue weighted by atomic mass is 10.1. The fourth-order valence-electron chi connectivity index (χ4n) is 5.59. The zero-order valence-electron chi connectivity index (χ0n) is 25.4. The number of piperazine rings is 1. The molecular weight excluding hydrogens is 671 g/mol. The van der Waals surface area contributed by atoms with Crippen molar-refractivity contribution >= 4 is 70.4 Å². The maximum Gasteiger partial charge on any atom is 0.264 e. The fraction of sp³-hybridized carbons (Fsp3) is 0.200. The molecule has 0 N–H and O–H groups in total. The van der Waals surface area contributed by atoms with Gasteiger partial charge in [0.25, 0.3) is 11.8 Å². The number of carbonyl (C=O) groups excluding carboxylic acids is 2. The maximum absolute atomic E-state index is 14.2. The maximum atomic E-state index is 14.2. The minimum Gasteiger partial charge on any atom is -0.368 e. The van der Waals surface area contributed by atoms with Gasteiger partial charge in [0, 0.05) is 55.2 Å². The molecule has 0 unspecified atom stereocenters. The largest absolute Gasteiger partial charge is 0.368 e. The summed E-state index contributed by atoms with van der Waals surface area (Å²) in [5.41, 5.74) is 5.38. The predicted octanol–water partition coefficient (Wildman–Crippen LogP) is 7.58. The van der Waals surface area contributed by atoms with E-state index in [2.05, 4.69) is 28.6 Å². The molecule has 3 heterocycles. The third-order valence-corrected chi connectivity index (χ3v) is 10.2. The van der Waals surface area contributed by atoms with Gasteiger partial charge < -0.3 is 19.3 Å². The van der Waals surface area contributed by atoms with E-state index in [0.717, 1.165) is 22.5 Å². The number of amides is 2. The number of anilines is 2. The first-order valence-electron chi connectivity index (χ1n) is 14.9. The number of thiol groups is 1. The van der Waals surface area contributed by atoms with Crippen LogP contribution in [-0.2, 0) is 13.1 Å². The predicted molar refractivity (Wildman–Crippen MR) is 190 cm³/mol. The van der Waals surface area contributed by atoms with Crippen molar-refractivity contribution < 1.29 is 9.59 Å². The summed E-state index contributed by atoms with van der Waals surface area (Å²) in [6.07, 6.45) is 3.49. The Hall–Kier alpha value is -4.27. The van der Waals surface area contributed by atoms with Crippen LogP contribution in [0.3, 0.4) is 0 Å². The number of aryl methyl sites for hydroxylation is 1. The lowest BCUT2D eigenvalue weighted by Gasteiger charge is -2.36. The molecule has 8 nitrogen and oxygen atoms in total. The average molecular weight is 702 g/mol. The summed E-state index contributed by atoms with van der Waals surface area (Å²) in [6, 6.07) is 24.6. The van der Waals surface area contributed by atoms with Crippen molar-refractivity contribution in [2.75, 3.05) is 36.0 Å². The number of hydrogen-bond acceptors (Lipinski definition) is 7. The average Bonchev–Trinajstić information content (AvgIpc) is 3.73. The summed E-state index contributed by atoms with van der Waals surface area (Å²) in [6.45, 7) is 5.25. The second-order valence-corrected chi connectivity index (χ2v) is 13.8. The monoisotopic (exact) mass is 700 g/mol. The minimum atomic E-state index is -0.256. The molecular formula is C35H30Cl2N6O2S2. The number of thiophene rings is 1. The van der Waals surface area contributed by atoms with Crippen LogP contribution in [0.2, 0.25) is 9.36 Å². The molecule has 2 amide bonds. The van der Waals surface area contributed by atoms with Crippen LogP contribution in [-0.4, -0.2) is 52.4 Å². The molecule has 0 radical (unpaired) electrons. The van der Waals surface area contributed by atoms with Gasteiger partial charge in [0.2, 0.25) is 0 Å². The molecule has 6 rings (SSSR count).